The summed E-state index contributed by atoms with van der Waals surface area (Å²) in [6.07, 6.45) is -4.90. The van der Waals surface area contributed by atoms with E-state index in [0.717, 1.165) is 13.0 Å². The third kappa shape index (κ3) is 3.41. The molecule has 0 bridgehead atoms. The number of alkyl halides is 5. The van der Waals surface area contributed by atoms with Crippen molar-refractivity contribution in [2.45, 2.75) is 19.7 Å². The van der Waals surface area contributed by atoms with Crippen LogP contribution in [0.1, 0.15) is 22.8 Å². The summed E-state index contributed by atoms with van der Waals surface area (Å²) in [6, 6.07) is 1.47. The highest BCUT2D eigenvalue weighted by Crippen LogP contribution is 2.42. The van der Waals surface area contributed by atoms with Crippen LogP contribution >= 0.6 is 15.9 Å². The fraction of sp³-hybridized carbons (Fsp3) is 0.300. The molecule has 1 aromatic carbocycles. The molecule has 0 saturated carbocycles. The topological polar surface area (TPSA) is 26.3 Å². The van der Waals surface area contributed by atoms with Gasteiger partial charge in [-0.15, -0.1) is 0 Å². The minimum absolute atomic E-state index is 0.254. The van der Waals surface area contributed by atoms with E-state index >= 15 is 0 Å². The molecule has 0 saturated heterocycles. The van der Waals surface area contributed by atoms with Crippen molar-refractivity contribution in [1.82, 2.24) is 0 Å². The Labute approximate surface area is 107 Å². The van der Waals surface area contributed by atoms with Gasteiger partial charge in [-0.3, -0.25) is 4.79 Å². The third-order valence-electron chi connectivity index (χ3n) is 1.96. The molecule has 0 aliphatic heterocycles. The number of Topliss-reactive ketones (excluding diaryl/α,β-unsaturated/α-hetero) is 1. The van der Waals surface area contributed by atoms with Crippen molar-refractivity contribution in [1.29, 1.82) is 0 Å². The summed E-state index contributed by atoms with van der Waals surface area (Å²) in [5, 5.41) is 0. The normalized spacial score (nSPS) is 11.8. The van der Waals surface area contributed by atoms with Crippen LogP contribution in [0.15, 0.2) is 16.6 Å². The van der Waals surface area contributed by atoms with Gasteiger partial charge < -0.3 is 4.74 Å². The maximum Gasteiger partial charge on any atom is 0.420 e. The van der Waals surface area contributed by atoms with Gasteiger partial charge in [0.15, 0.2) is 11.5 Å². The summed E-state index contributed by atoms with van der Waals surface area (Å²) in [6.45, 7) is -2.33. The standard InChI is InChI=1S/C10H6BrF5O2/c1-4(17)5-2-6(10(14,15)16)8(7(11)3-5)18-9(12)13/h2-3,9H,1H3. The van der Waals surface area contributed by atoms with Crippen LogP contribution in [0.3, 0.4) is 0 Å². The molecule has 18 heavy (non-hydrogen) atoms. The van der Waals surface area contributed by atoms with E-state index in [-0.39, 0.29) is 10.0 Å². The van der Waals surface area contributed by atoms with Gasteiger partial charge in [0.25, 0.3) is 0 Å². The van der Waals surface area contributed by atoms with E-state index in [0.29, 0.717) is 6.07 Å². The smallest absolute Gasteiger partial charge is 0.420 e. The Morgan fingerprint density at radius 2 is 1.89 bits per heavy atom. The molecular weight excluding hydrogens is 327 g/mol. The van der Waals surface area contributed by atoms with E-state index in [9.17, 15) is 26.7 Å². The van der Waals surface area contributed by atoms with Gasteiger partial charge in [0.2, 0.25) is 0 Å². The number of halogens is 6. The molecular formula is C10H6BrF5O2. The monoisotopic (exact) mass is 332 g/mol. The van der Waals surface area contributed by atoms with Crippen molar-refractivity contribution in [2.24, 2.45) is 0 Å². The van der Waals surface area contributed by atoms with E-state index < -0.39 is 29.9 Å². The lowest BCUT2D eigenvalue weighted by atomic mass is 10.1. The lowest BCUT2D eigenvalue weighted by Gasteiger charge is -2.16. The molecule has 0 aromatic heterocycles. The van der Waals surface area contributed by atoms with E-state index in [2.05, 4.69) is 20.7 Å². The maximum absolute atomic E-state index is 12.7. The molecule has 0 aliphatic rings. The fourth-order valence-electron chi connectivity index (χ4n) is 1.22. The Morgan fingerprint density at radius 3 is 2.28 bits per heavy atom. The quantitative estimate of drug-likeness (QED) is 0.610. The molecule has 1 rings (SSSR count). The Kier molecular flexibility index (Phi) is 4.31. The molecule has 0 radical (unpaired) electrons. The van der Waals surface area contributed by atoms with Crippen LogP contribution in [0, 0.1) is 0 Å². The van der Waals surface area contributed by atoms with Gasteiger partial charge in [-0.25, -0.2) is 0 Å². The average molecular weight is 333 g/mol. The summed E-state index contributed by atoms with van der Waals surface area (Å²) in [5.74, 6) is -1.66. The number of ether oxygens (including phenoxy) is 1. The van der Waals surface area contributed by atoms with Gasteiger partial charge in [-0.2, -0.15) is 22.0 Å². The van der Waals surface area contributed by atoms with Crippen LogP contribution in [-0.4, -0.2) is 12.4 Å². The van der Waals surface area contributed by atoms with Gasteiger partial charge in [-0.1, -0.05) is 0 Å². The summed E-state index contributed by atoms with van der Waals surface area (Å²) in [4.78, 5) is 11.0. The van der Waals surface area contributed by atoms with Gasteiger partial charge in [0, 0.05) is 5.56 Å². The van der Waals surface area contributed by atoms with Crippen LogP contribution in [0.5, 0.6) is 5.75 Å². The molecule has 0 fully saturated rings. The first-order valence-electron chi connectivity index (χ1n) is 4.49. The second kappa shape index (κ2) is 5.21. The number of carbonyl (C=O) groups is 1. The third-order valence-corrected chi connectivity index (χ3v) is 2.55. The van der Waals surface area contributed by atoms with Crippen molar-refractivity contribution < 1.29 is 31.5 Å². The molecule has 0 atom stereocenters. The summed E-state index contributed by atoms with van der Waals surface area (Å²) >= 11 is 2.68. The van der Waals surface area contributed by atoms with Crippen LogP contribution in [0.25, 0.3) is 0 Å². The summed E-state index contributed by atoms with van der Waals surface area (Å²) in [7, 11) is 0. The first kappa shape index (κ1) is 14.9. The number of hydrogen-bond donors (Lipinski definition) is 0. The lowest BCUT2D eigenvalue weighted by molar-refractivity contribution is -0.142. The largest absolute Gasteiger partial charge is 0.433 e. The van der Waals surface area contributed by atoms with Crippen LogP contribution in [0.4, 0.5) is 22.0 Å². The number of rotatable bonds is 3. The predicted molar refractivity (Wildman–Crippen MR) is 55.8 cm³/mol. The Morgan fingerprint density at radius 1 is 1.33 bits per heavy atom. The molecule has 0 N–H and O–H groups in total. The molecule has 1 aromatic rings. The fourth-order valence-corrected chi connectivity index (χ4v) is 1.77. The van der Waals surface area contributed by atoms with E-state index in [4.69, 9.17) is 0 Å². The van der Waals surface area contributed by atoms with E-state index in [1.54, 1.807) is 0 Å². The molecule has 100 valence electrons. The zero-order valence-electron chi connectivity index (χ0n) is 8.82. The number of hydrogen-bond acceptors (Lipinski definition) is 2. The molecule has 0 spiro atoms. The minimum Gasteiger partial charge on any atom is -0.433 e. The van der Waals surface area contributed by atoms with Crippen LogP contribution < -0.4 is 4.74 Å². The molecule has 0 amide bonds. The Bertz CT molecular complexity index is 470. The zero-order valence-corrected chi connectivity index (χ0v) is 10.4. The van der Waals surface area contributed by atoms with Gasteiger partial charge in [0.05, 0.1) is 10.0 Å². The highest BCUT2D eigenvalue weighted by molar-refractivity contribution is 9.10. The highest BCUT2D eigenvalue weighted by Gasteiger charge is 2.37. The average Bonchev–Trinajstić information content (AvgIpc) is 2.17. The zero-order chi connectivity index (χ0) is 14.1. The first-order valence-corrected chi connectivity index (χ1v) is 5.28. The number of carbonyl (C=O) groups excluding carboxylic acids is 1. The van der Waals surface area contributed by atoms with Crippen molar-refractivity contribution in [2.75, 3.05) is 0 Å². The van der Waals surface area contributed by atoms with Gasteiger partial charge >= 0.3 is 12.8 Å². The van der Waals surface area contributed by atoms with Crippen molar-refractivity contribution in [3.63, 3.8) is 0 Å². The number of ketones is 1. The maximum atomic E-state index is 12.7. The van der Waals surface area contributed by atoms with E-state index in [1.807, 2.05) is 0 Å². The molecule has 0 aliphatic carbocycles. The van der Waals surface area contributed by atoms with Gasteiger partial charge in [-0.05, 0) is 35.0 Å². The molecule has 0 unspecified atom stereocenters. The second-order valence-corrected chi connectivity index (χ2v) is 4.12. The predicted octanol–water partition coefficient (Wildman–Crippen LogP) is 4.27. The van der Waals surface area contributed by atoms with E-state index in [1.165, 1.54) is 0 Å². The molecule has 0 heterocycles. The van der Waals surface area contributed by atoms with Crippen LogP contribution in [-0.2, 0) is 6.18 Å². The Balaban J connectivity index is 3.45. The lowest BCUT2D eigenvalue weighted by Crippen LogP contribution is -2.13. The SMILES string of the molecule is CC(=O)c1cc(Br)c(OC(F)F)c(C(F)(F)F)c1. The Hall–Kier alpha value is -1.18. The molecule has 2 nitrogen and oxygen atoms in total. The summed E-state index contributed by atoms with van der Waals surface area (Å²) in [5.41, 5.74) is -1.68. The molecule has 8 heteroatoms. The second-order valence-electron chi connectivity index (χ2n) is 3.27. The van der Waals surface area contributed by atoms with Crippen molar-refractivity contribution >= 4 is 21.7 Å². The van der Waals surface area contributed by atoms with Crippen molar-refractivity contribution in [3.8, 4) is 5.75 Å². The van der Waals surface area contributed by atoms with Crippen LogP contribution in [0.2, 0.25) is 0 Å². The number of benzene rings is 1. The first-order chi connectivity index (χ1) is 8.12. The summed E-state index contributed by atoms with van der Waals surface area (Å²) < 4.78 is 65.6. The van der Waals surface area contributed by atoms with Crippen molar-refractivity contribution in [3.05, 3.63) is 27.7 Å². The minimum atomic E-state index is -4.90. The van der Waals surface area contributed by atoms with Gasteiger partial charge in [0.1, 0.15) is 0 Å². The highest BCUT2D eigenvalue weighted by atomic mass is 79.9.